The monoisotopic (exact) mass is 330 g/mol. The van der Waals surface area contributed by atoms with Gasteiger partial charge in [-0.1, -0.05) is 6.07 Å². The molecule has 3 rings (SSSR count). The maximum Gasteiger partial charge on any atom is 0.284 e. The number of hydrogen-bond donors (Lipinski definition) is 1. The second-order valence-corrected chi connectivity index (χ2v) is 4.90. The third-order valence-corrected chi connectivity index (χ3v) is 3.38. The Morgan fingerprint density at radius 3 is 2.58 bits per heavy atom. The minimum Gasteiger partial charge on any atom is -0.436 e. The molecule has 0 atom stereocenters. The number of ether oxygens (including phenoxy) is 1. The number of carbonyl (C=O) groups excluding carboxylic acids is 1. The molecule has 1 aromatic carbocycles. The largest absolute Gasteiger partial charge is 0.436 e. The van der Waals surface area contributed by atoms with Crippen LogP contribution in [0.5, 0.6) is 11.6 Å². The summed E-state index contributed by atoms with van der Waals surface area (Å²) in [6.07, 6.45) is 2.72. The van der Waals surface area contributed by atoms with Crippen LogP contribution >= 0.6 is 0 Å². The molecular formula is C16H12F2N4O2. The van der Waals surface area contributed by atoms with E-state index >= 15 is 0 Å². The molecule has 0 aliphatic carbocycles. The van der Waals surface area contributed by atoms with Crippen LogP contribution in [-0.4, -0.2) is 20.4 Å². The molecule has 0 bridgehead atoms. The summed E-state index contributed by atoms with van der Waals surface area (Å²) in [6.45, 7) is 0. The van der Waals surface area contributed by atoms with Crippen LogP contribution in [0.1, 0.15) is 10.6 Å². The van der Waals surface area contributed by atoms with Gasteiger partial charge < -0.3 is 15.0 Å². The smallest absolute Gasteiger partial charge is 0.284 e. The highest BCUT2D eigenvalue weighted by molar-refractivity contribution is 5.90. The van der Waals surface area contributed by atoms with E-state index in [0.717, 1.165) is 0 Å². The van der Waals surface area contributed by atoms with Crippen LogP contribution in [-0.2, 0) is 7.05 Å². The minimum atomic E-state index is -1.17. The fourth-order valence-electron chi connectivity index (χ4n) is 2.22. The van der Waals surface area contributed by atoms with Gasteiger partial charge in [-0.15, -0.1) is 0 Å². The number of halogens is 2. The predicted octanol–water partition coefficient (Wildman–Crippen LogP) is 2.65. The maximum atomic E-state index is 14.4. The molecule has 0 saturated heterocycles. The summed E-state index contributed by atoms with van der Waals surface area (Å²) in [5.74, 6) is -3.27. The summed E-state index contributed by atoms with van der Waals surface area (Å²) < 4.78 is 35.2. The van der Waals surface area contributed by atoms with Crippen molar-refractivity contribution >= 4 is 5.91 Å². The number of amides is 1. The lowest BCUT2D eigenvalue weighted by atomic mass is 10.1. The molecule has 0 spiro atoms. The van der Waals surface area contributed by atoms with Crippen LogP contribution < -0.4 is 10.5 Å². The third kappa shape index (κ3) is 2.69. The summed E-state index contributed by atoms with van der Waals surface area (Å²) in [7, 11) is 1.48. The van der Waals surface area contributed by atoms with Gasteiger partial charge in [-0.25, -0.2) is 14.4 Å². The van der Waals surface area contributed by atoms with Gasteiger partial charge in [0.1, 0.15) is 0 Å². The molecule has 8 heteroatoms. The van der Waals surface area contributed by atoms with E-state index < -0.39 is 17.5 Å². The second kappa shape index (κ2) is 6.07. The van der Waals surface area contributed by atoms with E-state index in [1.54, 1.807) is 12.1 Å². The Labute approximate surface area is 135 Å². The van der Waals surface area contributed by atoms with Crippen LogP contribution in [0, 0.1) is 11.6 Å². The quantitative estimate of drug-likeness (QED) is 0.797. The third-order valence-electron chi connectivity index (χ3n) is 3.38. The Morgan fingerprint density at radius 1 is 1.17 bits per heavy atom. The van der Waals surface area contributed by atoms with Crippen LogP contribution in [0.3, 0.4) is 0 Å². The molecule has 1 amide bonds. The summed E-state index contributed by atoms with van der Waals surface area (Å²) in [4.78, 5) is 18.9. The maximum absolute atomic E-state index is 14.4. The average molecular weight is 330 g/mol. The highest BCUT2D eigenvalue weighted by atomic mass is 19.2. The van der Waals surface area contributed by atoms with Gasteiger partial charge in [0, 0.05) is 24.9 Å². The number of carbonyl (C=O) groups is 1. The summed E-state index contributed by atoms with van der Waals surface area (Å²) in [5, 5.41) is 0. The van der Waals surface area contributed by atoms with Gasteiger partial charge in [0.2, 0.25) is 11.7 Å². The van der Waals surface area contributed by atoms with Crippen molar-refractivity contribution < 1.29 is 18.3 Å². The first-order valence-corrected chi connectivity index (χ1v) is 6.88. The van der Waals surface area contributed by atoms with Crippen LogP contribution in [0.15, 0.2) is 42.7 Å². The zero-order chi connectivity index (χ0) is 17.3. The molecule has 3 aromatic rings. The Bertz CT molecular complexity index is 910. The fourth-order valence-corrected chi connectivity index (χ4v) is 2.22. The topological polar surface area (TPSA) is 83.0 Å². The van der Waals surface area contributed by atoms with E-state index in [2.05, 4.69) is 9.97 Å². The highest BCUT2D eigenvalue weighted by Gasteiger charge is 2.20. The molecule has 2 heterocycles. The van der Waals surface area contributed by atoms with Crippen LogP contribution in [0.4, 0.5) is 8.78 Å². The lowest BCUT2D eigenvalue weighted by molar-refractivity contribution is 0.0987. The van der Waals surface area contributed by atoms with Crippen molar-refractivity contribution in [1.29, 1.82) is 0 Å². The van der Waals surface area contributed by atoms with Crippen molar-refractivity contribution in [2.45, 2.75) is 0 Å². The molecule has 2 N–H and O–H groups in total. The Kier molecular flexibility index (Phi) is 3.95. The number of nitrogens with zero attached hydrogens (tertiary/aromatic N) is 3. The Balaban J connectivity index is 2.00. The standard InChI is InChI=1S/C16H12F2N4O2/c1-22-10(8-21-16(22)15(19)23)9-5-6-11(14(18)13(9)17)24-12-4-2-3-7-20-12/h2-8H,1H3,(H2,19,23). The number of rotatable bonds is 4. The first-order valence-electron chi connectivity index (χ1n) is 6.88. The first-order chi connectivity index (χ1) is 11.5. The van der Waals surface area contributed by atoms with Gasteiger partial charge >= 0.3 is 0 Å². The van der Waals surface area contributed by atoms with Crippen molar-refractivity contribution in [1.82, 2.24) is 14.5 Å². The zero-order valence-corrected chi connectivity index (χ0v) is 12.5. The SMILES string of the molecule is Cn1c(-c2ccc(Oc3ccccn3)c(F)c2F)cnc1C(N)=O. The summed E-state index contributed by atoms with van der Waals surface area (Å²) >= 11 is 0. The minimum absolute atomic E-state index is 0.0568. The van der Waals surface area contributed by atoms with Gasteiger partial charge in [-0.05, 0) is 18.2 Å². The molecule has 6 nitrogen and oxygen atoms in total. The number of pyridine rings is 1. The number of nitrogens with two attached hydrogens (primary N) is 1. The summed E-state index contributed by atoms with van der Waals surface area (Å²) in [6, 6.07) is 7.46. The number of aromatic nitrogens is 3. The lowest BCUT2D eigenvalue weighted by Crippen LogP contribution is -2.17. The van der Waals surface area contributed by atoms with Crippen molar-refractivity contribution in [3.63, 3.8) is 0 Å². The van der Waals surface area contributed by atoms with E-state index in [1.807, 2.05) is 0 Å². The molecule has 24 heavy (non-hydrogen) atoms. The number of imidazole rings is 1. The molecule has 0 unspecified atom stereocenters. The fraction of sp³-hybridized carbons (Fsp3) is 0.0625. The van der Waals surface area contributed by atoms with E-state index in [0.29, 0.717) is 0 Å². The van der Waals surface area contributed by atoms with Crippen molar-refractivity contribution in [3.05, 3.63) is 60.2 Å². The number of benzene rings is 1. The lowest BCUT2D eigenvalue weighted by Gasteiger charge is -2.10. The van der Waals surface area contributed by atoms with Gasteiger partial charge in [0.15, 0.2) is 17.4 Å². The highest BCUT2D eigenvalue weighted by Crippen LogP contribution is 2.31. The molecule has 0 fully saturated rings. The predicted molar refractivity (Wildman–Crippen MR) is 81.4 cm³/mol. The Hall–Kier alpha value is -3.29. The molecule has 122 valence electrons. The van der Waals surface area contributed by atoms with E-state index in [9.17, 15) is 13.6 Å². The second-order valence-electron chi connectivity index (χ2n) is 4.90. The van der Waals surface area contributed by atoms with Crippen molar-refractivity contribution in [2.24, 2.45) is 12.8 Å². The normalized spacial score (nSPS) is 10.6. The molecule has 0 aliphatic heterocycles. The zero-order valence-electron chi connectivity index (χ0n) is 12.5. The molecule has 0 saturated carbocycles. The molecule has 2 aromatic heterocycles. The van der Waals surface area contributed by atoms with E-state index in [-0.39, 0.29) is 28.7 Å². The van der Waals surface area contributed by atoms with Crippen molar-refractivity contribution in [2.75, 3.05) is 0 Å². The molecule has 0 aliphatic rings. The Morgan fingerprint density at radius 2 is 1.96 bits per heavy atom. The van der Waals surface area contributed by atoms with Crippen LogP contribution in [0.2, 0.25) is 0 Å². The van der Waals surface area contributed by atoms with Crippen LogP contribution in [0.25, 0.3) is 11.3 Å². The van der Waals surface area contributed by atoms with E-state index in [1.165, 1.54) is 42.2 Å². The summed E-state index contributed by atoms with van der Waals surface area (Å²) in [5.41, 5.74) is 5.31. The van der Waals surface area contributed by atoms with Crippen molar-refractivity contribution in [3.8, 4) is 22.9 Å². The van der Waals surface area contributed by atoms with E-state index in [4.69, 9.17) is 10.5 Å². The average Bonchev–Trinajstić information content (AvgIpc) is 2.95. The van der Waals surface area contributed by atoms with Gasteiger partial charge in [-0.3, -0.25) is 4.79 Å². The van der Waals surface area contributed by atoms with Gasteiger partial charge in [0.05, 0.1) is 11.9 Å². The van der Waals surface area contributed by atoms with Gasteiger partial charge in [0.25, 0.3) is 5.91 Å². The first kappa shape index (κ1) is 15.6. The molecular weight excluding hydrogens is 318 g/mol. The van der Waals surface area contributed by atoms with Gasteiger partial charge in [-0.2, -0.15) is 4.39 Å². The molecule has 0 radical (unpaired) electrons. The number of hydrogen-bond acceptors (Lipinski definition) is 4. The number of primary amides is 1.